The zero-order valence-corrected chi connectivity index (χ0v) is 11.9. The molecule has 0 amide bonds. The maximum absolute atomic E-state index is 10.9. The minimum Gasteiger partial charge on any atom is -0.494 e. The Morgan fingerprint density at radius 1 is 1.20 bits per heavy atom. The van der Waals surface area contributed by atoms with Gasteiger partial charge in [0.15, 0.2) is 0 Å². The summed E-state index contributed by atoms with van der Waals surface area (Å²) in [6, 6.07) is 7.91. The molecule has 0 saturated heterocycles. The topological polar surface area (TPSA) is 55.8 Å². The number of carboxylic acids is 1. The van der Waals surface area contributed by atoms with Crippen LogP contribution < -0.4 is 4.74 Å². The smallest absolute Gasteiger partial charge is 0.306 e. The molecule has 1 fully saturated rings. The van der Waals surface area contributed by atoms with Gasteiger partial charge < -0.3 is 14.6 Å². The van der Waals surface area contributed by atoms with E-state index in [4.69, 9.17) is 14.6 Å². The van der Waals surface area contributed by atoms with E-state index < -0.39 is 5.97 Å². The summed E-state index contributed by atoms with van der Waals surface area (Å²) in [5.74, 6) is 0.0218. The minimum atomic E-state index is -0.671. The van der Waals surface area contributed by atoms with Crippen molar-refractivity contribution < 1.29 is 19.4 Å². The second-order valence-corrected chi connectivity index (χ2v) is 5.20. The molecule has 1 aromatic carbocycles. The molecule has 110 valence electrons. The van der Waals surface area contributed by atoms with Crippen LogP contribution in [-0.2, 0) is 16.1 Å². The maximum atomic E-state index is 10.9. The molecule has 0 unspecified atom stereocenters. The number of aliphatic carboxylic acids is 1. The first-order valence-electron chi connectivity index (χ1n) is 7.25. The van der Waals surface area contributed by atoms with Gasteiger partial charge in [-0.15, -0.1) is 0 Å². The molecular formula is C16H22O4. The van der Waals surface area contributed by atoms with Gasteiger partial charge in [0.1, 0.15) is 5.75 Å². The van der Waals surface area contributed by atoms with Crippen LogP contribution in [0.5, 0.6) is 5.75 Å². The van der Waals surface area contributed by atoms with Crippen LogP contribution in [0.2, 0.25) is 0 Å². The van der Waals surface area contributed by atoms with E-state index in [1.165, 1.54) is 0 Å². The molecule has 1 aliphatic rings. The van der Waals surface area contributed by atoms with Crippen LogP contribution in [0.25, 0.3) is 0 Å². The van der Waals surface area contributed by atoms with Crippen LogP contribution >= 0.6 is 0 Å². The predicted octanol–water partition coefficient (Wildman–Crippen LogP) is 3.25. The van der Waals surface area contributed by atoms with Gasteiger partial charge in [-0.3, -0.25) is 4.79 Å². The zero-order chi connectivity index (χ0) is 14.4. The Bertz CT molecular complexity index is 419. The zero-order valence-electron chi connectivity index (χ0n) is 11.9. The highest BCUT2D eigenvalue weighted by atomic mass is 16.5. The van der Waals surface area contributed by atoms with Gasteiger partial charge in [0, 0.05) is 0 Å². The lowest BCUT2D eigenvalue weighted by Crippen LogP contribution is -2.25. The molecule has 0 heterocycles. The fourth-order valence-electron chi connectivity index (χ4n) is 2.54. The molecule has 2 rings (SSSR count). The van der Waals surface area contributed by atoms with Crippen molar-refractivity contribution >= 4 is 5.97 Å². The van der Waals surface area contributed by atoms with Crippen molar-refractivity contribution in [1.82, 2.24) is 0 Å². The Kier molecular flexibility index (Phi) is 5.41. The van der Waals surface area contributed by atoms with Gasteiger partial charge in [0.2, 0.25) is 0 Å². The van der Waals surface area contributed by atoms with E-state index in [1.54, 1.807) is 0 Å². The second kappa shape index (κ2) is 7.29. The van der Waals surface area contributed by atoms with Crippen molar-refractivity contribution in [1.29, 1.82) is 0 Å². The van der Waals surface area contributed by atoms with Gasteiger partial charge in [-0.05, 0) is 50.3 Å². The Balaban J connectivity index is 1.74. The van der Waals surface area contributed by atoms with Crippen molar-refractivity contribution in [2.45, 2.75) is 45.3 Å². The normalized spacial score (nSPS) is 22.4. The number of ether oxygens (including phenoxy) is 2. The average Bonchev–Trinajstić information content (AvgIpc) is 2.47. The number of hydrogen-bond donors (Lipinski definition) is 1. The van der Waals surface area contributed by atoms with Gasteiger partial charge in [0.25, 0.3) is 0 Å². The van der Waals surface area contributed by atoms with Crippen LogP contribution in [0.15, 0.2) is 24.3 Å². The highest BCUT2D eigenvalue weighted by molar-refractivity contribution is 5.70. The molecular weight excluding hydrogens is 256 g/mol. The number of carboxylic acid groups (broad SMARTS) is 1. The summed E-state index contributed by atoms with van der Waals surface area (Å²) in [6.07, 6.45) is 3.33. The minimum absolute atomic E-state index is 0.180. The van der Waals surface area contributed by atoms with E-state index in [1.807, 2.05) is 31.2 Å². The summed E-state index contributed by atoms with van der Waals surface area (Å²) in [4.78, 5) is 10.9. The summed E-state index contributed by atoms with van der Waals surface area (Å²) >= 11 is 0. The van der Waals surface area contributed by atoms with Crippen LogP contribution in [0.4, 0.5) is 0 Å². The van der Waals surface area contributed by atoms with E-state index in [-0.39, 0.29) is 12.0 Å². The van der Waals surface area contributed by atoms with Crippen LogP contribution in [-0.4, -0.2) is 23.8 Å². The number of rotatable bonds is 6. The number of hydrogen-bond acceptors (Lipinski definition) is 3. The molecule has 0 atom stereocenters. The Hall–Kier alpha value is -1.55. The molecule has 0 radical (unpaired) electrons. The Labute approximate surface area is 119 Å². The van der Waals surface area contributed by atoms with E-state index in [2.05, 4.69) is 0 Å². The first-order chi connectivity index (χ1) is 9.69. The van der Waals surface area contributed by atoms with E-state index >= 15 is 0 Å². The Morgan fingerprint density at radius 3 is 2.40 bits per heavy atom. The third kappa shape index (κ3) is 4.23. The summed E-state index contributed by atoms with van der Waals surface area (Å²) in [5, 5.41) is 8.95. The van der Waals surface area contributed by atoms with Crippen molar-refractivity contribution in [3.8, 4) is 5.75 Å². The van der Waals surface area contributed by atoms with Crippen molar-refractivity contribution in [3.05, 3.63) is 29.8 Å². The molecule has 4 heteroatoms. The molecule has 0 aliphatic heterocycles. The molecule has 0 spiro atoms. The summed E-state index contributed by atoms with van der Waals surface area (Å²) in [5.41, 5.74) is 1.12. The van der Waals surface area contributed by atoms with Crippen molar-refractivity contribution in [3.63, 3.8) is 0 Å². The lowest BCUT2D eigenvalue weighted by Gasteiger charge is -2.26. The first kappa shape index (κ1) is 14.9. The lowest BCUT2D eigenvalue weighted by molar-refractivity contribution is -0.143. The molecule has 0 bridgehead atoms. The van der Waals surface area contributed by atoms with E-state index in [0.29, 0.717) is 13.2 Å². The number of benzene rings is 1. The quantitative estimate of drug-likeness (QED) is 0.868. The molecule has 1 aliphatic carbocycles. The van der Waals surface area contributed by atoms with Gasteiger partial charge in [-0.1, -0.05) is 12.1 Å². The summed E-state index contributed by atoms with van der Waals surface area (Å²) in [6.45, 7) is 3.21. The third-order valence-electron chi connectivity index (χ3n) is 3.74. The predicted molar refractivity (Wildman–Crippen MR) is 75.8 cm³/mol. The molecule has 20 heavy (non-hydrogen) atoms. The van der Waals surface area contributed by atoms with Crippen molar-refractivity contribution in [2.24, 2.45) is 5.92 Å². The fraction of sp³-hybridized carbons (Fsp3) is 0.562. The molecule has 1 N–H and O–H groups in total. The molecule has 1 aromatic rings. The maximum Gasteiger partial charge on any atom is 0.306 e. The average molecular weight is 278 g/mol. The fourth-order valence-corrected chi connectivity index (χ4v) is 2.54. The van der Waals surface area contributed by atoms with Gasteiger partial charge in [0.05, 0.1) is 25.2 Å². The molecule has 1 saturated carbocycles. The van der Waals surface area contributed by atoms with Gasteiger partial charge in [-0.2, -0.15) is 0 Å². The van der Waals surface area contributed by atoms with Gasteiger partial charge in [-0.25, -0.2) is 0 Å². The highest BCUT2D eigenvalue weighted by Crippen LogP contribution is 2.27. The van der Waals surface area contributed by atoms with Crippen molar-refractivity contribution in [2.75, 3.05) is 6.61 Å². The lowest BCUT2D eigenvalue weighted by atomic mass is 9.87. The molecule has 4 nitrogen and oxygen atoms in total. The summed E-state index contributed by atoms with van der Waals surface area (Å²) < 4.78 is 11.3. The van der Waals surface area contributed by atoms with Crippen LogP contribution in [0, 0.1) is 5.92 Å². The van der Waals surface area contributed by atoms with E-state index in [9.17, 15) is 4.79 Å². The van der Waals surface area contributed by atoms with Crippen LogP contribution in [0.1, 0.15) is 38.2 Å². The largest absolute Gasteiger partial charge is 0.494 e. The molecule has 0 aromatic heterocycles. The summed E-state index contributed by atoms with van der Waals surface area (Å²) in [7, 11) is 0. The first-order valence-corrected chi connectivity index (χ1v) is 7.25. The second-order valence-electron chi connectivity index (χ2n) is 5.20. The monoisotopic (exact) mass is 278 g/mol. The van der Waals surface area contributed by atoms with Crippen LogP contribution in [0.3, 0.4) is 0 Å². The standard InChI is InChI=1S/C16H22O4/c1-2-19-14-7-3-12(4-8-14)11-20-15-9-5-13(6-10-15)16(17)18/h3-4,7-8,13,15H,2,5-6,9-11H2,1H3,(H,17,18). The van der Waals surface area contributed by atoms with Gasteiger partial charge >= 0.3 is 5.97 Å². The Morgan fingerprint density at radius 2 is 1.85 bits per heavy atom. The highest BCUT2D eigenvalue weighted by Gasteiger charge is 2.26. The SMILES string of the molecule is CCOc1ccc(COC2CCC(C(=O)O)CC2)cc1. The van der Waals surface area contributed by atoms with E-state index in [0.717, 1.165) is 37.0 Å². The third-order valence-corrected chi connectivity index (χ3v) is 3.74. The number of carbonyl (C=O) groups is 1.